The van der Waals surface area contributed by atoms with Gasteiger partial charge < -0.3 is 14.6 Å². The Kier molecular flexibility index (Phi) is 7.92. The molecule has 0 amide bonds. The summed E-state index contributed by atoms with van der Waals surface area (Å²) in [6.07, 6.45) is 2.23. The van der Waals surface area contributed by atoms with Crippen molar-refractivity contribution in [2.75, 3.05) is 19.8 Å². The van der Waals surface area contributed by atoms with Gasteiger partial charge in [-0.1, -0.05) is 37.6 Å². The van der Waals surface area contributed by atoms with Crippen LogP contribution in [-0.2, 0) is 20.9 Å². The fourth-order valence-electron chi connectivity index (χ4n) is 1.70. The summed E-state index contributed by atoms with van der Waals surface area (Å²) in [5.41, 5.74) is 1.85. The van der Waals surface area contributed by atoms with Gasteiger partial charge in [-0.3, -0.25) is 4.79 Å². The standard InChI is InChI=1S/C16H24O4/c1-3-4-9-19-10-11-20-12-14-5-7-15(8-6-14)13(2)16(17)18/h5-8,13H,3-4,9-12H2,1-2H3,(H,17,18). The smallest absolute Gasteiger partial charge is 0.310 e. The zero-order valence-electron chi connectivity index (χ0n) is 12.3. The second-order valence-corrected chi connectivity index (χ2v) is 4.82. The van der Waals surface area contributed by atoms with Crippen LogP contribution in [0.4, 0.5) is 0 Å². The van der Waals surface area contributed by atoms with Gasteiger partial charge in [0.25, 0.3) is 0 Å². The molecular formula is C16H24O4. The van der Waals surface area contributed by atoms with E-state index < -0.39 is 11.9 Å². The van der Waals surface area contributed by atoms with Crippen molar-refractivity contribution in [3.63, 3.8) is 0 Å². The zero-order valence-corrected chi connectivity index (χ0v) is 12.3. The molecule has 1 atom stereocenters. The number of hydrogen-bond donors (Lipinski definition) is 1. The van der Waals surface area contributed by atoms with Crippen molar-refractivity contribution in [1.82, 2.24) is 0 Å². The van der Waals surface area contributed by atoms with Gasteiger partial charge in [-0.2, -0.15) is 0 Å². The maximum Gasteiger partial charge on any atom is 0.310 e. The molecular weight excluding hydrogens is 256 g/mol. The van der Waals surface area contributed by atoms with E-state index in [4.69, 9.17) is 14.6 Å². The van der Waals surface area contributed by atoms with E-state index >= 15 is 0 Å². The molecule has 0 aliphatic heterocycles. The van der Waals surface area contributed by atoms with E-state index in [1.807, 2.05) is 24.3 Å². The molecule has 1 N–H and O–H groups in total. The number of benzene rings is 1. The van der Waals surface area contributed by atoms with Crippen molar-refractivity contribution in [2.45, 2.75) is 39.2 Å². The summed E-state index contributed by atoms with van der Waals surface area (Å²) < 4.78 is 10.9. The number of rotatable bonds is 10. The van der Waals surface area contributed by atoms with E-state index in [0.29, 0.717) is 19.8 Å². The van der Waals surface area contributed by atoms with Crippen molar-refractivity contribution >= 4 is 5.97 Å². The Labute approximate surface area is 120 Å². The first kappa shape index (κ1) is 16.7. The van der Waals surface area contributed by atoms with Gasteiger partial charge in [0.1, 0.15) is 0 Å². The van der Waals surface area contributed by atoms with E-state index in [-0.39, 0.29) is 0 Å². The Morgan fingerprint density at radius 2 is 1.80 bits per heavy atom. The number of carboxylic acid groups (broad SMARTS) is 1. The maximum absolute atomic E-state index is 10.9. The fraction of sp³-hybridized carbons (Fsp3) is 0.562. The van der Waals surface area contributed by atoms with Crippen molar-refractivity contribution in [1.29, 1.82) is 0 Å². The van der Waals surface area contributed by atoms with Gasteiger partial charge in [0.05, 0.1) is 25.7 Å². The van der Waals surface area contributed by atoms with Crippen LogP contribution < -0.4 is 0 Å². The van der Waals surface area contributed by atoms with Crippen molar-refractivity contribution < 1.29 is 19.4 Å². The third kappa shape index (κ3) is 6.17. The van der Waals surface area contributed by atoms with Crippen LogP contribution in [0.15, 0.2) is 24.3 Å². The van der Waals surface area contributed by atoms with Gasteiger partial charge in [-0.05, 0) is 24.5 Å². The van der Waals surface area contributed by atoms with Gasteiger partial charge in [-0.15, -0.1) is 0 Å². The highest BCUT2D eigenvalue weighted by Gasteiger charge is 2.12. The molecule has 0 bridgehead atoms. The van der Waals surface area contributed by atoms with Gasteiger partial charge >= 0.3 is 5.97 Å². The molecule has 1 rings (SSSR count). The first-order valence-corrected chi connectivity index (χ1v) is 7.12. The third-order valence-electron chi connectivity index (χ3n) is 3.13. The molecule has 0 aliphatic rings. The average molecular weight is 280 g/mol. The van der Waals surface area contributed by atoms with Crippen LogP contribution in [0, 0.1) is 0 Å². The van der Waals surface area contributed by atoms with Crippen LogP contribution in [0.25, 0.3) is 0 Å². The number of hydrogen-bond acceptors (Lipinski definition) is 3. The monoisotopic (exact) mass is 280 g/mol. The van der Waals surface area contributed by atoms with Crippen molar-refractivity contribution in [2.24, 2.45) is 0 Å². The van der Waals surface area contributed by atoms with Crippen LogP contribution in [0.5, 0.6) is 0 Å². The second-order valence-electron chi connectivity index (χ2n) is 4.82. The number of carbonyl (C=O) groups is 1. The van der Waals surface area contributed by atoms with Gasteiger partial charge in [-0.25, -0.2) is 0 Å². The summed E-state index contributed by atoms with van der Waals surface area (Å²) in [6.45, 7) is 6.34. The lowest BCUT2D eigenvalue weighted by molar-refractivity contribution is -0.138. The summed E-state index contributed by atoms with van der Waals surface area (Å²) in [7, 11) is 0. The van der Waals surface area contributed by atoms with E-state index in [0.717, 1.165) is 30.6 Å². The molecule has 1 aromatic carbocycles. The summed E-state index contributed by atoms with van der Waals surface area (Å²) >= 11 is 0. The minimum absolute atomic E-state index is 0.475. The molecule has 0 saturated carbocycles. The first-order valence-electron chi connectivity index (χ1n) is 7.12. The van der Waals surface area contributed by atoms with Crippen LogP contribution >= 0.6 is 0 Å². The molecule has 1 unspecified atom stereocenters. The lowest BCUT2D eigenvalue weighted by atomic mass is 10.0. The largest absolute Gasteiger partial charge is 0.481 e. The highest BCUT2D eigenvalue weighted by atomic mass is 16.5. The predicted molar refractivity (Wildman–Crippen MR) is 77.9 cm³/mol. The minimum atomic E-state index is -0.807. The molecule has 4 heteroatoms. The van der Waals surface area contributed by atoms with Crippen molar-refractivity contribution in [3.05, 3.63) is 35.4 Å². The molecule has 4 nitrogen and oxygen atoms in total. The summed E-state index contributed by atoms with van der Waals surface area (Å²) in [5.74, 6) is -1.28. The van der Waals surface area contributed by atoms with Gasteiger partial charge in [0.15, 0.2) is 0 Å². The molecule has 0 aromatic heterocycles. The Morgan fingerprint density at radius 3 is 2.40 bits per heavy atom. The highest BCUT2D eigenvalue weighted by molar-refractivity contribution is 5.75. The van der Waals surface area contributed by atoms with E-state index in [1.165, 1.54) is 0 Å². The lowest BCUT2D eigenvalue weighted by Gasteiger charge is -2.08. The van der Waals surface area contributed by atoms with E-state index in [2.05, 4.69) is 6.92 Å². The molecule has 0 saturated heterocycles. The quantitative estimate of drug-likeness (QED) is 0.669. The van der Waals surface area contributed by atoms with Crippen LogP contribution in [0.2, 0.25) is 0 Å². The first-order chi connectivity index (χ1) is 9.65. The van der Waals surface area contributed by atoms with Crippen LogP contribution in [0.3, 0.4) is 0 Å². The third-order valence-corrected chi connectivity index (χ3v) is 3.13. The fourth-order valence-corrected chi connectivity index (χ4v) is 1.70. The summed E-state index contributed by atoms with van der Waals surface area (Å²) in [5, 5.41) is 8.93. The van der Waals surface area contributed by atoms with Gasteiger partial charge in [0.2, 0.25) is 0 Å². The highest BCUT2D eigenvalue weighted by Crippen LogP contribution is 2.16. The minimum Gasteiger partial charge on any atom is -0.481 e. The lowest BCUT2D eigenvalue weighted by Crippen LogP contribution is -2.07. The molecule has 1 aromatic rings. The molecule has 0 radical (unpaired) electrons. The number of aliphatic carboxylic acids is 1. The second kappa shape index (κ2) is 9.50. The normalized spacial score (nSPS) is 12.3. The van der Waals surface area contributed by atoms with Crippen LogP contribution in [-0.4, -0.2) is 30.9 Å². The molecule has 112 valence electrons. The summed E-state index contributed by atoms with van der Waals surface area (Å²) in [6, 6.07) is 7.50. The number of carboxylic acids is 1. The topological polar surface area (TPSA) is 55.8 Å². The van der Waals surface area contributed by atoms with E-state index in [1.54, 1.807) is 6.92 Å². The maximum atomic E-state index is 10.9. The van der Waals surface area contributed by atoms with Gasteiger partial charge in [0, 0.05) is 6.61 Å². The SMILES string of the molecule is CCCCOCCOCc1ccc(C(C)C(=O)O)cc1. The molecule has 0 fully saturated rings. The molecule has 0 spiro atoms. The zero-order chi connectivity index (χ0) is 14.8. The number of ether oxygens (including phenoxy) is 2. The van der Waals surface area contributed by atoms with Crippen molar-refractivity contribution in [3.8, 4) is 0 Å². The van der Waals surface area contributed by atoms with E-state index in [9.17, 15) is 4.79 Å². The van der Waals surface area contributed by atoms with Crippen LogP contribution in [0.1, 0.15) is 43.7 Å². The predicted octanol–water partition coefficient (Wildman–Crippen LogP) is 3.21. The number of unbranched alkanes of at least 4 members (excludes halogenated alkanes) is 1. The Bertz CT molecular complexity index is 386. The Hall–Kier alpha value is -1.39. The molecule has 20 heavy (non-hydrogen) atoms. The molecule has 0 aliphatic carbocycles. The average Bonchev–Trinajstić information content (AvgIpc) is 2.46. The Balaban J connectivity index is 2.23. The Morgan fingerprint density at radius 1 is 1.15 bits per heavy atom. The molecule has 0 heterocycles. The summed E-state index contributed by atoms with van der Waals surface area (Å²) in [4.78, 5) is 10.9.